The third kappa shape index (κ3) is 4.13. The standard InChI is InChI=1S/C16H18N2O3S2/c1-18(2)23(20,21)15-6-4-5-12(11-15)16(19)17-13-7-9-14(22-3)10-8-13/h4-11H,1-3H3,(H,17,19). The summed E-state index contributed by atoms with van der Waals surface area (Å²) in [6.45, 7) is 0. The summed E-state index contributed by atoms with van der Waals surface area (Å²) >= 11 is 1.62. The summed E-state index contributed by atoms with van der Waals surface area (Å²) in [7, 11) is -0.657. The Morgan fingerprint density at radius 1 is 1.09 bits per heavy atom. The quantitative estimate of drug-likeness (QED) is 0.842. The summed E-state index contributed by atoms with van der Waals surface area (Å²) in [6.07, 6.45) is 1.98. The average molecular weight is 350 g/mol. The summed E-state index contributed by atoms with van der Waals surface area (Å²) in [5, 5.41) is 2.76. The highest BCUT2D eigenvalue weighted by Gasteiger charge is 2.18. The fourth-order valence-electron chi connectivity index (χ4n) is 1.89. The summed E-state index contributed by atoms with van der Waals surface area (Å²) in [4.78, 5) is 13.5. The number of benzene rings is 2. The van der Waals surface area contributed by atoms with E-state index in [0.717, 1.165) is 9.20 Å². The molecule has 2 aromatic rings. The van der Waals surface area contributed by atoms with E-state index >= 15 is 0 Å². The van der Waals surface area contributed by atoms with E-state index in [9.17, 15) is 13.2 Å². The van der Waals surface area contributed by atoms with Gasteiger partial charge in [-0.1, -0.05) is 6.07 Å². The van der Waals surface area contributed by atoms with E-state index in [2.05, 4.69) is 5.32 Å². The summed E-state index contributed by atoms with van der Waals surface area (Å²) in [6, 6.07) is 13.4. The number of hydrogen-bond donors (Lipinski definition) is 1. The number of anilines is 1. The lowest BCUT2D eigenvalue weighted by Crippen LogP contribution is -2.22. The Bertz CT molecular complexity index is 800. The largest absolute Gasteiger partial charge is 0.322 e. The van der Waals surface area contributed by atoms with Gasteiger partial charge in [0.2, 0.25) is 10.0 Å². The van der Waals surface area contributed by atoms with E-state index in [1.807, 2.05) is 30.5 Å². The Kier molecular flexibility index (Phi) is 5.46. The van der Waals surface area contributed by atoms with Gasteiger partial charge in [0.15, 0.2) is 0 Å². The van der Waals surface area contributed by atoms with Crippen molar-refractivity contribution in [3.8, 4) is 0 Å². The van der Waals surface area contributed by atoms with Crippen LogP contribution in [0, 0.1) is 0 Å². The molecule has 23 heavy (non-hydrogen) atoms. The molecule has 0 aromatic heterocycles. The van der Waals surface area contributed by atoms with Crippen molar-refractivity contribution in [1.29, 1.82) is 0 Å². The van der Waals surface area contributed by atoms with Crippen LogP contribution in [0.2, 0.25) is 0 Å². The Hall–Kier alpha value is -1.83. The molecule has 0 radical (unpaired) electrons. The Labute approximate surface area is 140 Å². The van der Waals surface area contributed by atoms with Gasteiger partial charge < -0.3 is 5.32 Å². The molecule has 0 spiro atoms. The first kappa shape index (κ1) is 17.5. The topological polar surface area (TPSA) is 66.5 Å². The molecule has 0 fully saturated rings. The minimum absolute atomic E-state index is 0.0906. The van der Waals surface area contributed by atoms with Gasteiger partial charge in [0.1, 0.15) is 0 Å². The SMILES string of the molecule is CSc1ccc(NC(=O)c2cccc(S(=O)(=O)N(C)C)c2)cc1. The molecule has 0 saturated heterocycles. The molecule has 122 valence electrons. The van der Waals surface area contributed by atoms with Crippen molar-refractivity contribution in [2.45, 2.75) is 9.79 Å². The third-order valence-electron chi connectivity index (χ3n) is 3.22. The normalized spacial score (nSPS) is 11.5. The van der Waals surface area contributed by atoms with Crippen molar-refractivity contribution >= 4 is 33.4 Å². The van der Waals surface area contributed by atoms with E-state index in [4.69, 9.17) is 0 Å². The van der Waals surface area contributed by atoms with E-state index in [0.29, 0.717) is 11.3 Å². The number of nitrogens with one attached hydrogen (secondary N) is 1. The van der Waals surface area contributed by atoms with E-state index in [-0.39, 0.29) is 10.8 Å². The molecule has 0 unspecified atom stereocenters. The van der Waals surface area contributed by atoms with Crippen molar-refractivity contribution in [2.75, 3.05) is 25.7 Å². The molecule has 0 saturated carbocycles. The highest BCUT2D eigenvalue weighted by atomic mass is 32.2. The number of amides is 1. The van der Waals surface area contributed by atoms with Gasteiger partial charge in [0.05, 0.1) is 4.90 Å². The lowest BCUT2D eigenvalue weighted by molar-refractivity contribution is 0.102. The molecule has 0 atom stereocenters. The second-order valence-electron chi connectivity index (χ2n) is 5.00. The Morgan fingerprint density at radius 2 is 1.74 bits per heavy atom. The summed E-state index contributed by atoms with van der Waals surface area (Å²) in [5.74, 6) is -0.349. The number of hydrogen-bond acceptors (Lipinski definition) is 4. The van der Waals surface area contributed by atoms with Crippen molar-refractivity contribution in [1.82, 2.24) is 4.31 Å². The van der Waals surface area contributed by atoms with Crippen LogP contribution in [0.5, 0.6) is 0 Å². The molecule has 2 aromatic carbocycles. The number of carbonyl (C=O) groups excluding carboxylic acids is 1. The molecule has 1 amide bonds. The maximum Gasteiger partial charge on any atom is 0.255 e. The van der Waals surface area contributed by atoms with Crippen LogP contribution in [0.15, 0.2) is 58.3 Å². The summed E-state index contributed by atoms with van der Waals surface area (Å²) in [5.41, 5.74) is 0.954. The third-order valence-corrected chi connectivity index (χ3v) is 5.78. The number of nitrogens with zero attached hydrogens (tertiary/aromatic N) is 1. The molecule has 7 heteroatoms. The van der Waals surface area contributed by atoms with Gasteiger partial charge >= 0.3 is 0 Å². The highest BCUT2D eigenvalue weighted by Crippen LogP contribution is 2.19. The van der Waals surface area contributed by atoms with Crippen LogP contribution in [-0.4, -0.2) is 39.0 Å². The molecule has 0 aliphatic heterocycles. The Balaban J connectivity index is 2.23. The van der Waals surface area contributed by atoms with E-state index < -0.39 is 10.0 Å². The van der Waals surface area contributed by atoms with Gasteiger partial charge in [-0.3, -0.25) is 4.79 Å². The molecule has 0 aliphatic rings. The molecule has 5 nitrogen and oxygen atoms in total. The lowest BCUT2D eigenvalue weighted by atomic mass is 10.2. The number of sulfonamides is 1. The lowest BCUT2D eigenvalue weighted by Gasteiger charge is -2.12. The second kappa shape index (κ2) is 7.16. The first-order valence-corrected chi connectivity index (χ1v) is 9.49. The smallest absolute Gasteiger partial charge is 0.255 e. The van der Waals surface area contributed by atoms with Gasteiger partial charge in [-0.15, -0.1) is 11.8 Å². The van der Waals surface area contributed by atoms with Crippen LogP contribution < -0.4 is 5.32 Å². The van der Waals surface area contributed by atoms with Gasteiger partial charge in [-0.25, -0.2) is 12.7 Å². The van der Waals surface area contributed by atoms with Crippen LogP contribution in [0.4, 0.5) is 5.69 Å². The predicted molar refractivity (Wildman–Crippen MR) is 93.5 cm³/mol. The van der Waals surface area contributed by atoms with Gasteiger partial charge in [0, 0.05) is 30.2 Å². The van der Waals surface area contributed by atoms with Gasteiger partial charge in [-0.2, -0.15) is 0 Å². The number of thioether (sulfide) groups is 1. The van der Waals surface area contributed by atoms with Crippen molar-refractivity contribution in [2.24, 2.45) is 0 Å². The monoisotopic (exact) mass is 350 g/mol. The van der Waals surface area contributed by atoms with Crippen LogP contribution in [0.1, 0.15) is 10.4 Å². The summed E-state index contributed by atoms with van der Waals surface area (Å²) < 4.78 is 25.4. The van der Waals surface area contributed by atoms with Gasteiger partial charge in [-0.05, 0) is 48.7 Å². The van der Waals surface area contributed by atoms with Crippen molar-refractivity contribution in [3.63, 3.8) is 0 Å². The van der Waals surface area contributed by atoms with Crippen LogP contribution in [-0.2, 0) is 10.0 Å². The van der Waals surface area contributed by atoms with E-state index in [1.165, 1.54) is 26.2 Å². The first-order chi connectivity index (χ1) is 10.8. The van der Waals surface area contributed by atoms with Crippen molar-refractivity contribution < 1.29 is 13.2 Å². The van der Waals surface area contributed by atoms with Crippen LogP contribution >= 0.6 is 11.8 Å². The van der Waals surface area contributed by atoms with Crippen LogP contribution in [0.25, 0.3) is 0 Å². The second-order valence-corrected chi connectivity index (χ2v) is 8.03. The zero-order chi connectivity index (χ0) is 17.0. The maximum atomic E-state index is 12.3. The molecular weight excluding hydrogens is 332 g/mol. The molecule has 2 rings (SSSR count). The average Bonchev–Trinajstić information content (AvgIpc) is 2.55. The molecule has 0 bridgehead atoms. The zero-order valence-corrected chi connectivity index (χ0v) is 14.7. The van der Waals surface area contributed by atoms with Crippen LogP contribution in [0.3, 0.4) is 0 Å². The highest BCUT2D eigenvalue weighted by molar-refractivity contribution is 7.98. The minimum Gasteiger partial charge on any atom is -0.322 e. The first-order valence-electron chi connectivity index (χ1n) is 6.82. The molecule has 0 aliphatic carbocycles. The fourth-order valence-corrected chi connectivity index (χ4v) is 3.24. The molecular formula is C16H18N2O3S2. The minimum atomic E-state index is -3.56. The van der Waals surface area contributed by atoms with Gasteiger partial charge in [0.25, 0.3) is 5.91 Å². The number of rotatable bonds is 5. The zero-order valence-electron chi connectivity index (χ0n) is 13.1. The molecule has 1 N–H and O–H groups in total. The molecule has 0 heterocycles. The maximum absolute atomic E-state index is 12.3. The van der Waals surface area contributed by atoms with Crippen molar-refractivity contribution in [3.05, 3.63) is 54.1 Å². The Morgan fingerprint density at radius 3 is 2.30 bits per heavy atom. The predicted octanol–water partition coefficient (Wildman–Crippen LogP) is 2.91. The van der Waals surface area contributed by atoms with E-state index in [1.54, 1.807) is 23.9 Å². The number of carbonyl (C=O) groups is 1. The fraction of sp³-hybridized carbons (Fsp3) is 0.188.